The number of carbonyl (C=O) groups excluding carboxylic acids is 3. The first-order valence-electron chi connectivity index (χ1n) is 9.91. The van der Waals surface area contributed by atoms with Gasteiger partial charge in [0.05, 0.1) is 6.04 Å². The second-order valence-corrected chi connectivity index (χ2v) is 8.33. The Morgan fingerprint density at radius 1 is 1.17 bits per heavy atom. The predicted octanol–water partition coefficient (Wildman–Crippen LogP) is 2.24. The molecule has 7 nitrogen and oxygen atoms in total. The SMILES string of the molecule is CSc1cccc(NC(=O)N[C@@H]2CCN3C(=O)[C@@H](Cc4ccccc4)NC(=O)[C@H]23)c1. The number of fused-ring (bicyclic) bond motifs is 1. The zero-order valence-electron chi connectivity index (χ0n) is 16.6. The van der Waals surface area contributed by atoms with Crippen molar-refractivity contribution in [3.63, 3.8) is 0 Å². The van der Waals surface area contributed by atoms with Gasteiger partial charge in [-0.15, -0.1) is 11.8 Å². The van der Waals surface area contributed by atoms with E-state index in [4.69, 9.17) is 0 Å². The number of rotatable bonds is 5. The van der Waals surface area contributed by atoms with Crippen LogP contribution in [0.4, 0.5) is 10.5 Å². The van der Waals surface area contributed by atoms with Crippen molar-refractivity contribution >= 4 is 35.3 Å². The maximum Gasteiger partial charge on any atom is 0.319 e. The van der Waals surface area contributed by atoms with Crippen LogP contribution in [0.2, 0.25) is 0 Å². The summed E-state index contributed by atoms with van der Waals surface area (Å²) in [5.41, 5.74) is 1.68. The van der Waals surface area contributed by atoms with Crippen molar-refractivity contribution in [2.45, 2.75) is 35.9 Å². The topological polar surface area (TPSA) is 90.5 Å². The van der Waals surface area contributed by atoms with Gasteiger partial charge in [-0.3, -0.25) is 9.59 Å². The Balaban J connectivity index is 1.39. The van der Waals surface area contributed by atoms with Crippen LogP contribution in [0.15, 0.2) is 59.5 Å². The van der Waals surface area contributed by atoms with E-state index < -0.39 is 18.1 Å². The fourth-order valence-electron chi connectivity index (χ4n) is 4.06. The lowest BCUT2D eigenvalue weighted by atomic mass is 9.99. The van der Waals surface area contributed by atoms with Crippen molar-refractivity contribution in [2.75, 3.05) is 18.1 Å². The van der Waals surface area contributed by atoms with Gasteiger partial charge in [-0.1, -0.05) is 36.4 Å². The molecule has 0 saturated carbocycles. The zero-order valence-corrected chi connectivity index (χ0v) is 17.4. The molecule has 2 saturated heterocycles. The number of thioether (sulfide) groups is 1. The molecule has 2 aromatic carbocycles. The minimum Gasteiger partial charge on any atom is -0.342 e. The molecule has 2 fully saturated rings. The summed E-state index contributed by atoms with van der Waals surface area (Å²) in [6.45, 7) is 0.453. The van der Waals surface area contributed by atoms with Crippen LogP contribution < -0.4 is 16.0 Å². The van der Waals surface area contributed by atoms with E-state index in [0.29, 0.717) is 25.1 Å². The summed E-state index contributed by atoms with van der Waals surface area (Å²) in [7, 11) is 0. The zero-order chi connectivity index (χ0) is 21.1. The van der Waals surface area contributed by atoms with Crippen molar-refractivity contribution in [3.05, 3.63) is 60.2 Å². The van der Waals surface area contributed by atoms with Gasteiger partial charge in [0, 0.05) is 23.5 Å². The van der Waals surface area contributed by atoms with Gasteiger partial charge in [-0.25, -0.2) is 4.79 Å². The number of piperazine rings is 1. The highest BCUT2D eigenvalue weighted by atomic mass is 32.2. The Morgan fingerprint density at radius 3 is 2.73 bits per heavy atom. The van der Waals surface area contributed by atoms with Crippen LogP contribution in [0.5, 0.6) is 0 Å². The number of benzene rings is 2. The quantitative estimate of drug-likeness (QED) is 0.642. The molecule has 0 spiro atoms. The summed E-state index contributed by atoms with van der Waals surface area (Å²) in [6, 6.07) is 15.1. The van der Waals surface area contributed by atoms with Crippen molar-refractivity contribution in [3.8, 4) is 0 Å². The molecular weight excluding hydrogens is 400 g/mol. The third-order valence-corrected chi connectivity index (χ3v) is 6.22. The average Bonchev–Trinajstić information content (AvgIpc) is 3.17. The molecule has 8 heteroatoms. The standard InChI is InChI=1S/C22H24N4O3S/c1-30-16-9-5-8-15(13-16)23-22(29)25-17-10-11-26-19(17)20(27)24-18(21(26)28)12-14-6-3-2-4-7-14/h2-9,13,17-19H,10-12H2,1H3,(H,24,27)(H2,23,25,29)/t17-,18-,19+/m1/s1. The number of hydrogen-bond acceptors (Lipinski definition) is 4. The number of hydrogen-bond donors (Lipinski definition) is 3. The molecule has 3 atom stereocenters. The van der Waals surface area contributed by atoms with Gasteiger partial charge in [0.1, 0.15) is 12.1 Å². The van der Waals surface area contributed by atoms with E-state index in [-0.39, 0.29) is 17.8 Å². The normalized spacial score (nSPS) is 23.0. The van der Waals surface area contributed by atoms with Gasteiger partial charge in [0.15, 0.2) is 0 Å². The van der Waals surface area contributed by atoms with Crippen LogP contribution in [-0.4, -0.2) is 53.7 Å². The van der Waals surface area contributed by atoms with Gasteiger partial charge < -0.3 is 20.9 Å². The van der Waals surface area contributed by atoms with E-state index in [1.165, 1.54) is 0 Å². The van der Waals surface area contributed by atoms with Gasteiger partial charge in [-0.05, 0) is 36.4 Å². The number of urea groups is 1. The smallest absolute Gasteiger partial charge is 0.319 e. The van der Waals surface area contributed by atoms with Gasteiger partial charge in [0.2, 0.25) is 11.8 Å². The van der Waals surface area contributed by atoms with Crippen molar-refractivity contribution < 1.29 is 14.4 Å². The van der Waals surface area contributed by atoms with Crippen molar-refractivity contribution in [1.82, 2.24) is 15.5 Å². The second-order valence-electron chi connectivity index (χ2n) is 7.45. The third kappa shape index (κ3) is 4.28. The van der Waals surface area contributed by atoms with Crippen LogP contribution in [0.1, 0.15) is 12.0 Å². The Labute approximate surface area is 179 Å². The summed E-state index contributed by atoms with van der Waals surface area (Å²) in [5.74, 6) is -0.316. The lowest BCUT2D eigenvalue weighted by Gasteiger charge is -2.36. The molecule has 30 heavy (non-hydrogen) atoms. The molecule has 2 heterocycles. The molecule has 0 aromatic heterocycles. The van der Waals surface area contributed by atoms with E-state index in [9.17, 15) is 14.4 Å². The number of nitrogens with zero attached hydrogens (tertiary/aromatic N) is 1. The minimum atomic E-state index is -0.673. The maximum atomic E-state index is 12.9. The molecule has 4 rings (SSSR count). The monoisotopic (exact) mass is 424 g/mol. The molecule has 2 aromatic rings. The Morgan fingerprint density at radius 2 is 1.97 bits per heavy atom. The fourth-order valence-corrected chi connectivity index (χ4v) is 4.52. The maximum absolute atomic E-state index is 12.9. The lowest BCUT2D eigenvalue weighted by Crippen LogP contribution is -2.65. The first-order valence-corrected chi connectivity index (χ1v) is 11.1. The Bertz CT molecular complexity index is 952. The van der Waals surface area contributed by atoms with Crippen molar-refractivity contribution in [1.29, 1.82) is 0 Å². The Hall–Kier alpha value is -3.00. The highest BCUT2D eigenvalue weighted by Gasteiger charge is 2.48. The van der Waals surface area contributed by atoms with Crippen LogP contribution >= 0.6 is 11.8 Å². The molecular formula is C22H24N4O3S. The van der Waals surface area contributed by atoms with Gasteiger partial charge in [0.25, 0.3) is 0 Å². The van der Waals surface area contributed by atoms with E-state index in [0.717, 1.165) is 10.5 Å². The molecule has 2 aliphatic heterocycles. The molecule has 0 radical (unpaired) electrons. The van der Waals surface area contributed by atoms with Gasteiger partial charge >= 0.3 is 6.03 Å². The van der Waals surface area contributed by atoms with E-state index in [1.807, 2.05) is 60.9 Å². The molecule has 4 amide bonds. The fraction of sp³-hybridized carbons (Fsp3) is 0.318. The number of amides is 4. The minimum absolute atomic E-state index is 0.0965. The van der Waals surface area contributed by atoms with Crippen LogP contribution in [0.3, 0.4) is 0 Å². The summed E-state index contributed by atoms with van der Waals surface area (Å²) in [4.78, 5) is 40.8. The third-order valence-electron chi connectivity index (χ3n) is 5.49. The molecule has 0 bridgehead atoms. The van der Waals surface area contributed by atoms with E-state index in [2.05, 4.69) is 16.0 Å². The number of anilines is 1. The summed E-state index contributed by atoms with van der Waals surface area (Å²) in [5, 5.41) is 8.53. The first kappa shape index (κ1) is 20.3. The molecule has 3 N–H and O–H groups in total. The molecule has 2 aliphatic rings. The molecule has 156 valence electrons. The van der Waals surface area contributed by atoms with Crippen molar-refractivity contribution in [2.24, 2.45) is 0 Å². The van der Waals surface area contributed by atoms with E-state index in [1.54, 1.807) is 16.7 Å². The molecule has 0 unspecified atom stereocenters. The van der Waals surface area contributed by atoms with Gasteiger partial charge in [-0.2, -0.15) is 0 Å². The average molecular weight is 425 g/mol. The first-order chi connectivity index (χ1) is 14.5. The number of nitrogens with one attached hydrogen (secondary N) is 3. The van der Waals surface area contributed by atoms with E-state index >= 15 is 0 Å². The van der Waals surface area contributed by atoms with Crippen LogP contribution in [0, 0.1) is 0 Å². The highest BCUT2D eigenvalue weighted by Crippen LogP contribution is 2.24. The summed E-state index contributed by atoms with van der Waals surface area (Å²) >= 11 is 1.59. The second kappa shape index (κ2) is 8.79. The number of carbonyl (C=O) groups is 3. The van der Waals surface area contributed by atoms with Crippen LogP contribution in [0.25, 0.3) is 0 Å². The molecule has 0 aliphatic carbocycles. The highest BCUT2D eigenvalue weighted by molar-refractivity contribution is 7.98. The summed E-state index contributed by atoms with van der Waals surface area (Å²) in [6.07, 6.45) is 2.97. The summed E-state index contributed by atoms with van der Waals surface area (Å²) < 4.78 is 0. The lowest BCUT2D eigenvalue weighted by molar-refractivity contribution is -0.147. The van der Waals surface area contributed by atoms with Crippen LogP contribution in [-0.2, 0) is 16.0 Å². The largest absolute Gasteiger partial charge is 0.342 e. The predicted molar refractivity (Wildman–Crippen MR) is 116 cm³/mol. The Kier molecular flexibility index (Phi) is 5.94.